The van der Waals surface area contributed by atoms with Crippen LogP contribution in [0.5, 0.6) is 0 Å². The van der Waals surface area contributed by atoms with Crippen molar-refractivity contribution in [1.29, 1.82) is 0 Å². The summed E-state index contributed by atoms with van der Waals surface area (Å²) >= 11 is 0. The Kier molecular flexibility index (Phi) is 4.02. The third-order valence-electron chi connectivity index (χ3n) is 4.95. The van der Waals surface area contributed by atoms with Crippen LogP contribution in [0.15, 0.2) is 36.7 Å². The fraction of sp³-hybridized carbons (Fsp3) is 0.389. The number of aromatic nitrogens is 4. The monoisotopic (exact) mass is 323 g/mol. The maximum atomic E-state index is 12.5. The standard InChI is InChI=1S/C18H21N5O/c24-18(17-6-8-19-22-17)23-9-2-3-13(7-10-23)11-14-4-1-5-16-15(14)12-20-21-16/h1,4-6,8,12-13H,2-3,7,9-11H2,(H,19,22)(H,20,21)/t13-/m1/s1. The van der Waals surface area contributed by atoms with Gasteiger partial charge in [-0.2, -0.15) is 10.2 Å². The topological polar surface area (TPSA) is 77.7 Å². The van der Waals surface area contributed by atoms with E-state index in [1.54, 1.807) is 12.3 Å². The molecular formula is C18H21N5O. The molecule has 3 heterocycles. The smallest absolute Gasteiger partial charge is 0.271 e. The van der Waals surface area contributed by atoms with E-state index in [1.807, 2.05) is 11.1 Å². The molecule has 1 aliphatic rings. The SMILES string of the molecule is O=C(c1ccn[nH]1)N1CCC[C@@H](Cc2cccc3[nH]ncc23)CC1. The molecule has 1 atom stereocenters. The molecule has 124 valence electrons. The quantitative estimate of drug-likeness (QED) is 0.778. The number of aromatic amines is 2. The van der Waals surface area contributed by atoms with Crippen molar-refractivity contribution in [3.63, 3.8) is 0 Å². The van der Waals surface area contributed by atoms with Crippen molar-refractivity contribution in [3.05, 3.63) is 47.9 Å². The first-order chi connectivity index (χ1) is 11.8. The number of likely N-dealkylation sites (tertiary alicyclic amines) is 1. The molecule has 0 saturated carbocycles. The van der Waals surface area contributed by atoms with Crippen molar-refractivity contribution in [3.8, 4) is 0 Å². The van der Waals surface area contributed by atoms with Crippen LogP contribution < -0.4 is 0 Å². The van der Waals surface area contributed by atoms with E-state index in [0.717, 1.165) is 44.3 Å². The zero-order chi connectivity index (χ0) is 16.4. The molecule has 1 aliphatic heterocycles. The lowest BCUT2D eigenvalue weighted by molar-refractivity contribution is 0.0754. The first kappa shape index (κ1) is 14.9. The summed E-state index contributed by atoms with van der Waals surface area (Å²) in [5, 5.41) is 15.0. The molecule has 0 unspecified atom stereocenters. The van der Waals surface area contributed by atoms with Crippen LogP contribution >= 0.6 is 0 Å². The number of amides is 1. The highest BCUT2D eigenvalue weighted by Crippen LogP contribution is 2.26. The number of fused-ring (bicyclic) bond motifs is 1. The number of hydrogen-bond donors (Lipinski definition) is 2. The van der Waals surface area contributed by atoms with Gasteiger partial charge in [-0.3, -0.25) is 15.0 Å². The number of H-pyrrole nitrogens is 2. The van der Waals surface area contributed by atoms with Crippen LogP contribution in [0.3, 0.4) is 0 Å². The highest BCUT2D eigenvalue weighted by molar-refractivity contribution is 5.92. The van der Waals surface area contributed by atoms with Crippen LogP contribution in [0.1, 0.15) is 35.3 Å². The van der Waals surface area contributed by atoms with E-state index >= 15 is 0 Å². The minimum absolute atomic E-state index is 0.0603. The molecule has 1 amide bonds. The van der Waals surface area contributed by atoms with Gasteiger partial charge in [0.15, 0.2) is 0 Å². The van der Waals surface area contributed by atoms with Crippen molar-refractivity contribution < 1.29 is 4.79 Å². The fourth-order valence-corrected chi connectivity index (χ4v) is 3.64. The zero-order valence-electron chi connectivity index (χ0n) is 13.5. The Morgan fingerprint density at radius 3 is 3.00 bits per heavy atom. The minimum Gasteiger partial charge on any atom is -0.337 e. The van der Waals surface area contributed by atoms with Gasteiger partial charge in [-0.1, -0.05) is 12.1 Å². The Balaban J connectivity index is 1.43. The lowest BCUT2D eigenvalue weighted by Gasteiger charge is -2.19. The summed E-state index contributed by atoms with van der Waals surface area (Å²) in [6.45, 7) is 1.63. The Morgan fingerprint density at radius 2 is 2.12 bits per heavy atom. The Labute approximate surface area is 140 Å². The third kappa shape index (κ3) is 2.91. The van der Waals surface area contributed by atoms with E-state index in [4.69, 9.17) is 0 Å². The lowest BCUT2D eigenvalue weighted by Crippen LogP contribution is -2.32. The molecule has 0 bridgehead atoms. The highest BCUT2D eigenvalue weighted by Gasteiger charge is 2.22. The normalized spacial score (nSPS) is 18.7. The van der Waals surface area contributed by atoms with Gasteiger partial charge >= 0.3 is 0 Å². The van der Waals surface area contributed by atoms with Gasteiger partial charge in [-0.15, -0.1) is 0 Å². The van der Waals surface area contributed by atoms with E-state index < -0.39 is 0 Å². The number of nitrogens with zero attached hydrogens (tertiary/aromatic N) is 3. The lowest BCUT2D eigenvalue weighted by atomic mass is 9.91. The summed E-state index contributed by atoms with van der Waals surface area (Å²) in [5.41, 5.74) is 3.02. The van der Waals surface area contributed by atoms with Gasteiger partial charge in [0.1, 0.15) is 5.69 Å². The van der Waals surface area contributed by atoms with Crippen LogP contribution in [-0.2, 0) is 6.42 Å². The number of nitrogens with one attached hydrogen (secondary N) is 2. The zero-order valence-corrected chi connectivity index (χ0v) is 13.5. The van der Waals surface area contributed by atoms with Crippen molar-refractivity contribution in [1.82, 2.24) is 25.3 Å². The van der Waals surface area contributed by atoms with Gasteiger partial charge in [-0.05, 0) is 49.3 Å². The molecule has 1 aromatic carbocycles. The maximum absolute atomic E-state index is 12.5. The molecule has 4 rings (SSSR count). The summed E-state index contributed by atoms with van der Waals surface area (Å²) in [6.07, 6.45) is 7.82. The Hall–Kier alpha value is -2.63. The van der Waals surface area contributed by atoms with E-state index in [-0.39, 0.29) is 5.91 Å². The number of carbonyl (C=O) groups is 1. The van der Waals surface area contributed by atoms with Crippen molar-refractivity contribution in [2.24, 2.45) is 5.92 Å². The van der Waals surface area contributed by atoms with Crippen molar-refractivity contribution in [2.75, 3.05) is 13.1 Å². The summed E-state index contributed by atoms with van der Waals surface area (Å²) in [4.78, 5) is 14.4. The molecule has 0 radical (unpaired) electrons. The maximum Gasteiger partial charge on any atom is 0.271 e. The second-order valence-electron chi connectivity index (χ2n) is 6.51. The van der Waals surface area contributed by atoms with Crippen LogP contribution in [0.2, 0.25) is 0 Å². The summed E-state index contributed by atoms with van der Waals surface area (Å²) < 4.78 is 0. The molecule has 1 saturated heterocycles. The Bertz CT molecular complexity index is 823. The molecule has 2 N–H and O–H groups in total. The van der Waals surface area contributed by atoms with Gasteiger partial charge in [0, 0.05) is 24.7 Å². The summed E-state index contributed by atoms with van der Waals surface area (Å²) in [5.74, 6) is 0.662. The molecular weight excluding hydrogens is 302 g/mol. The average molecular weight is 323 g/mol. The first-order valence-electron chi connectivity index (χ1n) is 8.51. The number of benzene rings is 1. The number of carbonyl (C=O) groups excluding carboxylic acids is 1. The minimum atomic E-state index is 0.0603. The number of hydrogen-bond acceptors (Lipinski definition) is 3. The average Bonchev–Trinajstić information content (AvgIpc) is 3.24. The van der Waals surface area contributed by atoms with Gasteiger partial charge < -0.3 is 4.90 Å². The highest BCUT2D eigenvalue weighted by atomic mass is 16.2. The Morgan fingerprint density at radius 1 is 1.17 bits per heavy atom. The molecule has 0 spiro atoms. The molecule has 2 aromatic heterocycles. The van der Waals surface area contributed by atoms with E-state index in [2.05, 4.69) is 38.6 Å². The number of rotatable bonds is 3. The second-order valence-corrected chi connectivity index (χ2v) is 6.51. The first-order valence-corrected chi connectivity index (χ1v) is 8.51. The molecule has 1 fully saturated rings. The third-order valence-corrected chi connectivity index (χ3v) is 4.95. The predicted molar refractivity (Wildman–Crippen MR) is 91.6 cm³/mol. The van der Waals surface area contributed by atoms with Gasteiger partial charge in [0.2, 0.25) is 0 Å². The van der Waals surface area contributed by atoms with Gasteiger partial charge in [0.25, 0.3) is 5.91 Å². The molecule has 24 heavy (non-hydrogen) atoms. The van der Waals surface area contributed by atoms with Crippen LogP contribution in [0.25, 0.3) is 10.9 Å². The molecule has 6 heteroatoms. The molecule has 6 nitrogen and oxygen atoms in total. The van der Waals surface area contributed by atoms with Gasteiger partial charge in [0.05, 0.1) is 11.7 Å². The van der Waals surface area contributed by atoms with Crippen LogP contribution in [0, 0.1) is 5.92 Å². The second kappa shape index (κ2) is 6.47. The summed E-state index contributed by atoms with van der Waals surface area (Å²) in [7, 11) is 0. The fourth-order valence-electron chi connectivity index (χ4n) is 3.64. The largest absolute Gasteiger partial charge is 0.337 e. The van der Waals surface area contributed by atoms with Crippen molar-refractivity contribution >= 4 is 16.8 Å². The van der Waals surface area contributed by atoms with E-state index in [9.17, 15) is 4.79 Å². The van der Waals surface area contributed by atoms with E-state index in [1.165, 1.54) is 10.9 Å². The molecule has 3 aromatic rings. The van der Waals surface area contributed by atoms with Crippen LogP contribution in [0.4, 0.5) is 0 Å². The predicted octanol–water partition coefficient (Wildman–Crippen LogP) is 2.77. The van der Waals surface area contributed by atoms with Gasteiger partial charge in [-0.25, -0.2) is 0 Å². The summed E-state index contributed by atoms with van der Waals surface area (Å²) in [6, 6.07) is 8.07. The van der Waals surface area contributed by atoms with E-state index in [0.29, 0.717) is 11.6 Å². The van der Waals surface area contributed by atoms with Crippen molar-refractivity contribution in [2.45, 2.75) is 25.7 Å². The van der Waals surface area contributed by atoms with Crippen LogP contribution in [-0.4, -0.2) is 44.3 Å². The molecule has 0 aliphatic carbocycles.